The summed E-state index contributed by atoms with van der Waals surface area (Å²) in [5, 5.41) is 0. The molecule has 1 unspecified atom stereocenters. The van der Waals surface area contributed by atoms with Gasteiger partial charge in [0, 0.05) is 11.5 Å². The number of carbonyl (C=O) groups excluding carboxylic acids is 1. The second-order valence-corrected chi connectivity index (χ2v) is 6.08. The number of hydrogen-bond acceptors (Lipinski definition) is 2. The van der Waals surface area contributed by atoms with Crippen LogP contribution in [0, 0.1) is 0 Å². The molecular weight excluding hydrogens is 308 g/mol. The van der Waals surface area contributed by atoms with E-state index in [1.807, 2.05) is 60.7 Å². The Labute approximate surface area is 147 Å². The third-order valence-corrected chi connectivity index (χ3v) is 4.70. The molecule has 1 atom stereocenters. The van der Waals surface area contributed by atoms with Gasteiger partial charge in [0.15, 0.2) is 0 Å². The highest BCUT2D eigenvalue weighted by Gasteiger charge is 2.37. The number of benzene rings is 3. The maximum absolute atomic E-state index is 12.8. The molecule has 1 aliphatic rings. The van der Waals surface area contributed by atoms with Gasteiger partial charge in [0.1, 0.15) is 0 Å². The number of carbonyl (C=O) groups is 1. The molecule has 0 aliphatic heterocycles. The van der Waals surface area contributed by atoms with Gasteiger partial charge >= 0.3 is 5.97 Å². The van der Waals surface area contributed by atoms with Crippen LogP contribution < -0.4 is 0 Å². The predicted octanol–water partition coefficient (Wildman–Crippen LogP) is 4.81. The van der Waals surface area contributed by atoms with Crippen molar-refractivity contribution in [3.05, 3.63) is 113 Å². The fourth-order valence-corrected chi connectivity index (χ4v) is 3.66. The van der Waals surface area contributed by atoms with E-state index in [4.69, 9.17) is 4.74 Å². The van der Waals surface area contributed by atoms with Gasteiger partial charge in [0.2, 0.25) is 0 Å². The number of methoxy groups -OCH3 is 1. The average Bonchev–Trinajstić information content (AvgIpc) is 3.04. The molecule has 3 aromatic rings. The van der Waals surface area contributed by atoms with Crippen LogP contribution in [0.15, 0.2) is 90.5 Å². The van der Waals surface area contributed by atoms with E-state index in [0.717, 1.165) is 27.8 Å². The summed E-state index contributed by atoms with van der Waals surface area (Å²) in [6.45, 7) is 0. The van der Waals surface area contributed by atoms with Gasteiger partial charge in [0.25, 0.3) is 0 Å². The molecule has 122 valence electrons. The standard InChI is InChI=1S/C23H18O2/c1-25-23(24)22-20(16-10-4-2-5-11-16)18-14-8-9-15-19(18)21(22)17-12-6-3-7-13-17/h2-15,20H,1H3. The summed E-state index contributed by atoms with van der Waals surface area (Å²) in [5.74, 6) is -0.385. The topological polar surface area (TPSA) is 26.3 Å². The highest BCUT2D eigenvalue weighted by molar-refractivity contribution is 6.07. The molecule has 0 amide bonds. The number of ether oxygens (including phenoxy) is 1. The smallest absolute Gasteiger partial charge is 0.335 e. The minimum absolute atomic E-state index is 0.111. The Morgan fingerprint density at radius 3 is 2.08 bits per heavy atom. The Kier molecular flexibility index (Phi) is 3.95. The number of fused-ring (bicyclic) bond motifs is 1. The van der Waals surface area contributed by atoms with Crippen LogP contribution in [-0.2, 0) is 9.53 Å². The average molecular weight is 326 g/mol. The van der Waals surface area contributed by atoms with Crippen molar-refractivity contribution in [2.75, 3.05) is 7.11 Å². The van der Waals surface area contributed by atoms with Gasteiger partial charge in [-0.2, -0.15) is 0 Å². The Morgan fingerprint density at radius 2 is 1.40 bits per heavy atom. The van der Waals surface area contributed by atoms with E-state index in [2.05, 4.69) is 24.3 Å². The van der Waals surface area contributed by atoms with Crippen LogP contribution in [0.2, 0.25) is 0 Å². The zero-order chi connectivity index (χ0) is 17.2. The van der Waals surface area contributed by atoms with E-state index in [-0.39, 0.29) is 11.9 Å². The fraction of sp³-hybridized carbons (Fsp3) is 0.0870. The van der Waals surface area contributed by atoms with Crippen molar-refractivity contribution < 1.29 is 9.53 Å². The molecule has 0 spiro atoms. The lowest BCUT2D eigenvalue weighted by Gasteiger charge is -2.16. The first-order chi connectivity index (χ1) is 12.3. The van der Waals surface area contributed by atoms with Gasteiger partial charge in [-0.05, 0) is 22.3 Å². The molecule has 2 heteroatoms. The van der Waals surface area contributed by atoms with Crippen molar-refractivity contribution in [1.29, 1.82) is 0 Å². The predicted molar refractivity (Wildman–Crippen MR) is 99.2 cm³/mol. The molecular formula is C23H18O2. The van der Waals surface area contributed by atoms with Crippen LogP contribution in [0.25, 0.3) is 5.57 Å². The van der Waals surface area contributed by atoms with E-state index in [0.29, 0.717) is 5.57 Å². The molecule has 25 heavy (non-hydrogen) atoms. The van der Waals surface area contributed by atoms with Crippen molar-refractivity contribution in [3.63, 3.8) is 0 Å². The lowest BCUT2D eigenvalue weighted by atomic mass is 9.88. The maximum atomic E-state index is 12.8. The molecule has 0 heterocycles. The summed E-state index contributed by atoms with van der Waals surface area (Å²) in [7, 11) is 1.45. The highest BCUT2D eigenvalue weighted by Crippen LogP contribution is 2.48. The molecule has 2 nitrogen and oxygen atoms in total. The van der Waals surface area contributed by atoms with Gasteiger partial charge in [-0.25, -0.2) is 4.79 Å². The number of rotatable bonds is 3. The Hall–Kier alpha value is -3.13. The van der Waals surface area contributed by atoms with Gasteiger partial charge in [-0.1, -0.05) is 84.9 Å². The zero-order valence-corrected chi connectivity index (χ0v) is 14.0. The molecule has 0 fully saturated rings. The molecule has 0 saturated heterocycles. The summed E-state index contributed by atoms with van der Waals surface area (Å²) in [4.78, 5) is 12.8. The van der Waals surface area contributed by atoms with Crippen molar-refractivity contribution >= 4 is 11.5 Å². The fourth-order valence-electron chi connectivity index (χ4n) is 3.66. The second-order valence-electron chi connectivity index (χ2n) is 6.08. The van der Waals surface area contributed by atoms with Crippen molar-refractivity contribution in [2.24, 2.45) is 0 Å². The number of hydrogen-bond donors (Lipinski definition) is 0. The maximum Gasteiger partial charge on any atom is 0.335 e. The first-order valence-corrected chi connectivity index (χ1v) is 8.33. The molecule has 0 saturated carbocycles. The van der Waals surface area contributed by atoms with Crippen LogP contribution in [0.3, 0.4) is 0 Å². The van der Waals surface area contributed by atoms with Crippen LogP contribution in [0.4, 0.5) is 0 Å². The second kappa shape index (κ2) is 6.40. The molecule has 3 aromatic carbocycles. The normalized spacial score (nSPS) is 15.8. The molecule has 0 N–H and O–H groups in total. The summed E-state index contributed by atoms with van der Waals surface area (Å²) < 4.78 is 5.17. The monoisotopic (exact) mass is 326 g/mol. The first kappa shape index (κ1) is 15.4. The Morgan fingerprint density at radius 1 is 0.800 bits per heavy atom. The SMILES string of the molecule is COC(=O)C1=C(c2ccccc2)c2ccccc2C1c1ccccc1. The van der Waals surface area contributed by atoms with E-state index in [1.54, 1.807) is 0 Å². The van der Waals surface area contributed by atoms with Crippen LogP contribution in [0.5, 0.6) is 0 Å². The summed E-state index contributed by atoms with van der Waals surface area (Å²) in [6, 6.07) is 28.4. The Balaban J connectivity index is 2.03. The van der Waals surface area contributed by atoms with Crippen molar-refractivity contribution in [2.45, 2.75) is 5.92 Å². The summed E-state index contributed by atoms with van der Waals surface area (Å²) in [6.07, 6.45) is 0. The Bertz CT molecular complexity index is 940. The number of esters is 1. The molecule has 0 aromatic heterocycles. The molecule has 0 bridgehead atoms. The lowest BCUT2D eigenvalue weighted by Crippen LogP contribution is -2.12. The summed E-state index contributed by atoms with van der Waals surface area (Å²) >= 11 is 0. The molecule has 1 aliphatic carbocycles. The third kappa shape index (κ3) is 2.56. The lowest BCUT2D eigenvalue weighted by molar-refractivity contribution is -0.136. The zero-order valence-electron chi connectivity index (χ0n) is 14.0. The van der Waals surface area contributed by atoms with Crippen molar-refractivity contribution in [1.82, 2.24) is 0 Å². The minimum Gasteiger partial charge on any atom is -0.466 e. The van der Waals surface area contributed by atoms with Crippen molar-refractivity contribution in [3.8, 4) is 0 Å². The van der Waals surface area contributed by atoms with Gasteiger partial charge < -0.3 is 4.74 Å². The van der Waals surface area contributed by atoms with E-state index in [1.165, 1.54) is 7.11 Å². The minimum atomic E-state index is -0.274. The molecule has 0 radical (unpaired) electrons. The summed E-state index contributed by atoms with van der Waals surface area (Å²) in [5.41, 5.74) is 6.06. The molecule has 4 rings (SSSR count). The highest BCUT2D eigenvalue weighted by atomic mass is 16.5. The first-order valence-electron chi connectivity index (χ1n) is 8.33. The van der Waals surface area contributed by atoms with Crippen LogP contribution >= 0.6 is 0 Å². The largest absolute Gasteiger partial charge is 0.466 e. The third-order valence-electron chi connectivity index (χ3n) is 4.70. The van der Waals surface area contributed by atoms with Crippen LogP contribution in [-0.4, -0.2) is 13.1 Å². The van der Waals surface area contributed by atoms with Gasteiger partial charge in [0.05, 0.1) is 12.7 Å². The van der Waals surface area contributed by atoms with E-state index >= 15 is 0 Å². The quantitative estimate of drug-likeness (QED) is 0.646. The van der Waals surface area contributed by atoms with Gasteiger partial charge in [-0.15, -0.1) is 0 Å². The van der Waals surface area contributed by atoms with E-state index < -0.39 is 0 Å². The van der Waals surface area contributed by atoms with Gasteiger partial charge in [-0.3, -0.25) is 0 Å². The van der Waals surface area contributed by atoms with Crippen LogP contribution in [0.1, 0.15) is 28.2 Å². The van der Waals surface area contributed by atoms with E-state index in [9.17, 15) is 4.79 Å².